The molecule has 0 saturated heterocycles. The molecule has 0 heterocycles. The van der Waals surface area contributed by atoms with Crippen LogP contribution in [0.25, 0.3) is 0 Å². The van der Waals surface area contributed by atoms with Gasteiger partial charge in [-0.15, -0.1) is 0 Å². The Morgan fingerprint density at radius 3 is 2.50 bits per heavy atom. The summed E-state index contributed by atoms with van der Waals surface area (Å²) in [6, 6.07) is 6.56. The Labute approximate surface area is 114 Å². The molecule has 0 saturated carbocycles. The summed E-state index contributed by atoms with van der Waals surface area (Å²) in [4.78, 5) is 22.6. The predicted molar refractivity (Wildman–Crippen MR) is 72.4 cm³/mol. The highest BCUT2D eigenvalue weighted by molar-refractivity contribution is 9.10. The van der Waals surface area contributed by atoms with Gasteiger partial charge in [0, 0.05) is 16.2 Å². The van der Waals surface area contributed by atoms with E-state index in [4.69, 9.17) is 0 Å². The molecule has 0 unspecified atom stereocenters. The molecule has 0 aliphatic heterocycles. The van der Waals surface area contributed by atoms with Gasteiger partial charge in [0.2, 0.25) is 0 Å². The molecule has 0 bridgehead atoms. The van der Waals surface area contributed by atoms with E-state index in [0.29, 0.717) is 5.69 Å². The number of rotatable bonds is 4. The van der Waals surface area contributed by atoms with Crippen molar-refractivity contribution < 1.29 is 14.3 Å². The molecule has 5 nitrogen and oxygen atoms in total. The number of urea groups is 1. The molecule has 1 atom stereocenters. The van der Waals surface area contributed by atoms with Crippen molar-refractivity contribution in [2.24, 2.45) is 0 Å². The van der Waals surface area contributed by atoms with Crippen LogP contribution in [0.3, 0.4) is 0 Å². The van der Waals surface area contributed by atoms with Crippen molar-refractivity contribution in [2.45, 2.75) is 19.4 Å². The average molecular weight is 315 g/mol. The van der Waals surface area contributed by atoms with Gasteiger partial charge in [-0.2, -0.15) is 0 Å². The van der Waals surface area contributed by atoms with Crippen LogP contribution in [0.4, 0.5) is 10.5 Å². The molecule has 2 amide bonds. The van der Waals surface area contributed by atoms with Crippen molar-refractivity contribution >= 4 is 33.6 Å². The molecule has 98 valence electrons. The summed E-state index contributed by atoms with van der Waals surface area (Å²) in [7, 11) is 1.32. The quantitative estimate of drug-likeness (QED) is 0.839. The van der Waals surface area contributed by atoms with E-state index in [9.17, 15) is 9.59 Å². The molecule has 6 heteroatoms. The number of anilines is 1. The number of amides is 2. The first-order valence-corrected chi connectivity index (χ1v) is 6.20. The molecule has 0 radical (unpaired) electrons. The van der Waals surface area contributed by atoms with Gasteiger partial charge in [0.05, 0.1) is 13.5 Å². The number of methoxy groups -OCH3 is 1. The molecular formula is C12H15BrN2O3. The van der Waals surface area contributed by atoms with E-state index in [1.165, 1.54) is 7.11 Å². The van der Waals surface area contributed by atoms with Crippen LogP contribution in [0.5, 0.6) is 0 Å². The lowest BCUT2D eigenvalue weighted by atomic mass is 10.2. The van der Waals surface area contributed by atoms with Gasteiger partial charge in [-0.3, -0.25) is 4.79 Å². The van der Waals surface area contributed by atoms with E-state index in [0.717, 1.165) is 4.47 Å². The third-order valence-corrected chi connectivity index (χ3v) is 2.71. The maximum absolute atomic E-state index is 11.6. The zero-order valence-corrected chi connectivity index (χ0v) is 11.8. The molecule has 0 aliphatic rings. The fraction of sp³-hybridized carbons (Fsp3) is 0.333. The topological polar surface area (TPSA) is 67.4 Å². The van der Waals surface area contributed by atoms with Crippen LogP contribution in [0, 0.1) is 0 Å². The lowest BCUT2D eigenvalue weighted by molar-refractivity contribution is -0.141. The van der Waals surface area contributed by atoms with Gasteiger partial charge in [0.1, 0.15) is 0 Å². The van der Waals surface area contributed by atoms with E-state index < -0.39 is 0 Å². The molecule has 0 spiro atoms. The van der Waals surface area contributed by atoms with E-state index in [1.807, 2.05) is 12.1 Å². The summed E-state index contributed by atoms with van der Waals surface area (Å²) in [5, 5.41) is 5.31. The lowest BCUT2D eigenvalue weighted by Crippen LogP contribution is -2.37. The molecule has 1 rings (SSSR count). The first-order valence-electron chi connectivity index (χ1n) is 5.41. The van der Waals surface area contributed by atoms with E-state index in [1.54, 1.807) is 19.1 Å². The summed E-state index contributed by atoms with van der Waals surface area (Å²) in [6.45, 7) is 1.73. The highest BCUT2D eigenvalue weighted by Crippen LogP contribution is 2.13. The normalized spacial score (nSPS) is 11.5. The van der Waals surface area contributed by atoms with Crippen LogP contribution in [-0.2, 0) is 9.53 Å². The molecule has 1 aromatic rings. The predicted octanol–water partition coefficient (Wildman–Crippen LogP) is 2.52. The smallest absolute Gasteiger partial charge is 0.319 e. The minimum absolute atomic E-state index is 0.143. The minimum atomic E-state index is -0.355. The third-order valence-electron chi connectivity index (χ3n) is 2.18. The van der Waals surface area contributed by atoms with Crippen LogP contribution in [0.1, 0.15) is 13.3 Å². The number of esters is 1. The molecule has 2 N–H and O–H groups in total. The SMILES string of the molecule is COC(=O)C[C@@H](C)NC(=O)Nc1ccc(Br)cc1. The highest BCUT2D eigenvalue weighted by Gasteiger charge is 2.11. The largest absolute Gasteiger partial charge is 0.469 e. The zero-order valence-electron chi connectivity index (χ0n) is 10.2. The Morgan fingerprint density at radius 1 is 1.33 bits per heavy atom. The van der Waals surface area contributed by atoms with Gasteiger partial charge in [0.25, 0.3) is 0 Å². The maximum atomic E-state index is 11.6. The molecule has 0 aliphatic carbocycles. The van der Waals surface area contributed by atoms with Crippen molar-refractivity contribution in [2.75, 3.05) is 12.4 Å². The van der Waals surface area contributed by atoms with Gasteiger partial charge in [-0.05, 0) is 31.2 Å². The lowest BCUT2D eigenvalue weighted by Gasteiger charge is -2.13. The van der Waals surface area contributed by atoms with Crippen molar-refractivity contribution in [3.8, 4) is 0 Å². The zero-order chi connectivity index (χ0) is 13.5. The third kappa shape index (κ3) is 5.18. The Bertz CT molecular complexity index is 420. The number of hydrogen-bond acceptors (Lipinski definition) is 3. The second kappa shape index (κ2) is 7.00. The van der Waals surface area contributed by atoms with Crippen molar-refractivity contribution in [3.05, 3.63) is 28.7 Å². The Kier molecular flexibility index (Phi) is 5.64. The Hall–Kier alpha value is -1.56. The van der Waals surface area contributed by atoms with Gasteiger partial charge < -0.3 is 15.4 Å². The van der Waals surface area contributed by atoms with Gasteiger partial charge in [-0.1, -0.05) is 15.9 Å². The number of halogens is 1. The standard InChI is InChI=1S/C12H15BrN2O3/c1-8(7-11(16)18-2)14-12(17)15-10-5-3-9(13)4-6-10/h3-6,8H,7H2,1-2H3,(H2,14,15,17)/t8-/m1/s1. The summed E-state index contributed by atoms with van der Waals surface area (Å²) in [6.07, 6.45) is 0.143. The van der Waals surface area contributed by atoms with Crippen molar-refractivity contribution in [3.63, 3.8) is 0 Å². The molecule has 18 heavy (non-hydrogen) atoms. The molecule has 0 aromatic heterocycles. The number of benzene rings is 1. The van der Waals surface area contributed by atoms with Crippen LogP contribution >= 0.6 is 15.9 Å². The van der Waals surface area contributed by atoms with Gasteiger partial charge in [0.15, 0.2) is 0 Å². The maximum Gasteiger partial charge on any atom is 0.319 e. The Balaban J connectivity index is 2.41. The first kappa shape index (κ1) is 14.5. The number of nitrogens with one attached hydrogen (secondary N) is 2. The van der Waals surface area contributed by atoms with Crippen LogP contribution in [-0.4, -0.2) is 25.2 Å². The van der Waals surface area contributed by atoms with Crippen molar-refractivity contribution in [1.82, 2.24) is 5.32 Å². The Morgan fingerprint density at radius 2 is 1.94 bits per heavy atom. The van der Waals surface area contributed by atoms with Crippen LogP contribution < -0.4 is 10.6 Å². The monoisotopic (exact) mass is 314 g/mol. The summed E-state index contributed by atoms with van der Waals surface area (Å²) < 4.78 is 5.46. The highest BCUT2D eigenvalue weighted by atomic mass is 79.9. The summed E-state index contributed by atoms with van der Waals surface area (Å²) in [5.41, 5.74) is 0.681. The minimum Gasteiger partial charge on any atom is -0.469 e. The number of ether oxygens (including phenoxy) is 1. The number of carbonyl (C=O) groups is 2. The first-order chi connectivity index (χ1) is 8.51. The van der Waals surface area contributed by atoms with Gasteiger partial charge in [-0.25, -0.2) is 4.79 Å². The second-order valence-electron chi connectivity index (χ2n) is 3.79. The van der Waals surface area contributed by atoms with E-state index in [2.05, 4.69) is 31.3 Å². The summed E-state index contributed by atoms with van der Waals surface area (Å²) >= 11 is 3.31. The molecule has 1 aromatic carbocycles. The molecule has 0 fully saturated rings. The fourth-order valence-corrected chi connectivity index (χ4v) is 1.57. The number of carbonyl (C=O) groups excluding carboxylic acids is 2. The fourth-order valence-electron chi connectivity index (χ4n) is 1.31. The van der Waals surface area contributed by atoms with E-state index in [-0.39, 0.29) is 24.5 Å². The van der Waals surface area contributed by atoms with E-state index >= 15 is 0 Å². The van der Waals surface area contributed by atoms with Crippen LogP contribution in [0.15, 0.2) is 28.7 Å². The van der Waals surface area contributed by atoms with Crippen molar-refractivity contribution in [1.29, 1.82) is 0 Å². The average Bonchev–Trinajstić information content (AvgIpc) is 2.31. The second-order valence-corrected chi connectivity index (χ2v) is 4.70. The summed E-state index contributed by atoms with van der Waals surface area (Å²) in [5.74, 6) is -0.355. The van der Waals surface area contributed by atoms with Crippen LogP contribution in [0.2, 0.25) is 0 Å². The molecular weight excluding hydrogens is 300 g/mol. The number of hydrogen-bond donors (Lipinski definition) is 2. The van der Waals surface area contributed by atoms with Gasteiger partial charge >= 0.3 is 12.0 Å².